The van der Waals surface area contributed by atoms with E-state index in [1.165, 1.54) is 6.20 Å². The molecule has 0 spiro atoms. The second-order valence-corrected chi connectivity index (χ2v) is 5.74. The molecule has 0 bridgehead atoms. The number of fused-ring (bicyclic) bond motifs is 1. The van der Waals surface area contributed by atoms with Crippen LogP contribution in [-0.2, 0) is 4.79 Å². The molecule has 0 radical (unpaired) electrons. The first-order valence-electron chi connectivity index (χ1n) is 7.41. The van der Waals surface area contributed by atoms with E-state index in [4.69, 9.17) is 11.6 Å². The highest BCUT2D eigenvalue weighted by atomic mass is 35.5. The lowest BCUT2D eigenvalue weighted by Gasteiger charge is -2.16. The van der Waals surface area contributed by atoms with Crippen molar-refractivity contribution < 1.29 is 9.18 Å². The molecule has 122 valence electrons. The van der Waals surface area contributed by atoms with E-state index in [9.17, 15) is 9.18 Å². The van der Waals surface area contributed by atoms with Crippen molar-refractivity contribution in [2.24, 2.45) is 0 Å². The van der Waals surface area contributed by atoms with Crippen LogP contribution in [0.2, 0.25) is 5.02 Å². The number of hydrogen-bond donors (Lipinski definition) is 2. The minimum atomic E-state index is -0.628. The monoisotopic (exact) mass is 343 g/mol. The third-order valence-corrected chi connectivity index (χ3v) is 3.93. The zero-order chi connectivity index (χ0) is 17.1. The molecule has 0 saturated heterocycles. The number of para-hydroxylation sites is 1. The molecule has 1 heterocycles. The van der Waals surface area contributed by atoms with E-state index in [2.05, 4.69) is 15.6 Å². The number of halogens is 2. The third-order valence-electron chi connectivity index (χ3n) is 3.60. The molecule has 3 rings (SSSR count). The summed E-state index contributed by atoms with van der Waals surface area (Å²) < 4.78 is 14.6. The molecule has 1 unspecified atom stereocenters. The van der Waals surface area contributed by atoms with Crippen molar-refractivity contribution in [1.29, 1.82) is 0 Å². The fraction of sp³-hybridized carbons (Fsp3) is 0.111. The Balaban J connectivity index is 1.79. The van der Waals surface area contributed by atoms with E-state index in [1.54, 1.807) is 37.3 Å². The van der Waals surface area contributed by atoms with Gasteiger partial charge in [0.25, 0.3) is 0 Å². The number of anilines is 2. The molecule has 2 aromatic carbocycles. The average molecular weight is 344 g/mol. The molecule has 1 amide bonds. The fourth-order valence-corrected chi connectivity index (χ4v) is 2.54. The highest BCUT2D eigenvalue weighted by molar-refractivity contribution is 6.35. The van der Waals surface area contributed by atoms with Gasteiger partial charge in [-0.3, -0.25) is 9.78 Å². The van der Waals surface area contributed by atoms with Crippen molar-refractivity contribution >= 4 is 39.8 Å². The van der Waals surface area contributed by atoms with Gasteiger partial charge >= 0.3 is 0 Å². The van der Waals surface area contributed by atoms with E-state index in [-0.39, 0.29) is 17.1 Å². The topological polar surface area (TPSA) is 54.0 Å². The van der Waals surface area contributed by atoms with E-state index in [0.29, 0.717) is 16.1 Å². The Morgan fingerprint density at radius 1 is 1.17 bits per heavy atom. The summed E-state index contributed by atoms with van der Waals surface area (Å²) in [6, 6.07) is 13.3. The van der Waals surface area contributed by atoms with Crippen LogP contribution in [0.25, 0.3) is 10.9 Å². The number of carbonyl (C=O) groups excluding carboxylic acids is 1. The van der Waals surface area contributed by atoms with Gasteiger partial charge < -0.3 is 10.6 Å². The molecule has 0 fully saturated rings. The second-order valence-electron chi connectivity index (χ2n) is 5.34. The Morgan fingerprint density at radius 2 is 1.92 bits per heavy atom. The summed E-state index contributed by atoms with van der Waals surface area (Å²) in [5.74, 6) is -0.797. The SMILES string of the molecule is CC(Nc1ccc2c(Cl)ccnc2c1F)C(=O)Nc1ccccc1. The average Bonchev–Trinajstić information content (AvgIpc) is 2.59. The van der Waals surface area contributed by atoms with Gasteiger partial charge in [0.05, 0.1) is 10.7 Å². The van der Waals surface area contributed by atoms with Crippen LogP contribution < -0.4 is 10.6 Å². The standard InChI is InChI=1S/C18H15ClFN3O/c1-11(18(24)23-12-5-3-2-4-6-12)22-15-8-7-13-14(19)9-10-21-17(13)16(15)20/h2-11,22H,1H3,(H,23,24). The Hall–Kier alpha value is -2.66. The first kappa shape index (κ1) is 16.2. The van der Waals surface area contributed by atoms with Crippen molar-refractivity contribution in [2.45, 2.75) is 13.0 Å². The largest absolute Gasteiger partial charge is 0.371 e. The van der Waals surface area contributed by atoms with Crippen molar-refractivity contribution in [3.05, 3.63) is 65.6 Å². The minimum absolute atomic E-state index is 0.170. The number of nitrogens with zero attached hydrogens (tertiary/aromatic N) is 1. The molecule has 24 heavy (non-hydrogen) atoms. The van der Waals surface area contributed by atoms with Crippen LogP contribution in [0, 0.1) is 5.82 Å². The summed E-state index contributed by atoms with van der Waals surface area (Å²) in [5.41, 5.74) is 1.06. The van der Waals surface area contributed by atoms with Gasteiger partial charge in [-0.15, -0.1) is 0 Å². The smallest absolute Gasteiger partial charge is 0.246 e. The van der Waals surface area contributed by atoms with Crippen LogP contribution in [0.1, 0.15) is 6.92 Å². The number of amides is 1. The number of nitrogens with one attached hydrogen (secondary N) is 2. The van der Waals surface area contributed by atoms with Gasteiger partial charge in [-0.1, -0.05) is 29.8 Å². The number of carbonyl (C=O) groups is 1. The summed E-state index contributed by atoms with van der Waals surface area (Å²) >= 11 is 6.04. The van der Waals surface area contributed by atoms with E-state index >= 15 is 0 Å². The molecule has 0 aliphatic rings. The summed E-state index contributed by atoms with van der Waals surface area (Å²) in [6.07, 6.45) is 1.45. The van der Waals surface area contributed by atoms with E-state index < -0.39 is 11.9 Å². The Morgan fingerprint density at radius 3 is 2.67 bits per heavy atom. The van der Waals surface area contributed by atoms with Crippen molar-refractivity contribution in [3.63, 3.8) is 0 Å². The first-order valence-corrected chi connectivity index (χ1v) is 7.79. The fourth-order valence-electron chi connectivity index (χ4n) is 2.33. The van der Waals surface area contributed by atoms with Gasteiger partial charge in [0, 0.05) is 17.3 Å². The molecule has 1 atom stereocenters. The lowest BCUT2D eigenvalue weighted by atomic mass is 10.1. The molecule has 0 aliphatic carbocycles. The first-order chi connectivity index (χ1) is 11.6. The highest BCUT2D eigenvalue weighted by Gasteiger charge is 2.17. The predicted molar refractivity (Wildman–Crippen MR) is 94.9 cm³/mol. The number of benzene rings is 2. The molecule has 0 aliphatic heterocycles. The van der Waals surface area contributed by atoms with Gasteiger partial charge in [-0.25, -0.2) is 4.39 Å². The summed E-state index contributed by atoms with van der Waals surface area (Å²) in [4.78, 5) is 16.2. The number of rotatable bonds is 4. The van der Waals surface area contributed by atoms with Crippen molar-refractivity contribution in [3.8, 4) is 0 Å². The number of hydrogen-bond acceptors (Lipinski definition) is 3. The Kier molecular flexibility index (Phi) is 4.62. The minimum Gasteiger partial charge on any atom is -0.371 e. The summed E-state index contributed by atoms with van der Waals surface area (Å²) in [7, 11) is 0. The quantitative estimate of drug-likeness (QED) is 0.735. The van der Waals surface area contributed by atoms with E-state index in [1.807, 2.05) is 18.2 Å². The van der Waals surface area contributed by atoms with Crippen LogP contribution >= 0.6 is 11.6 Å². The molecule has 2 N–H and O–H groups in total. The maximum Gasteiger partial charge on any atom is 0.246 e. The number of pyridine rings is 1. The van der Waals surface area contributed by atoms with Crippen LogP contribution in [0.3, 0.4) is 0 Å². The zero-order valence-corrected chi connectivity index (χ0v) is 13.6. The van der Waals surface area contributed by atoms with Crippen LogP contribution in [0.4, 0.5) is 15.8 Å². The molecule has 4 nitrogen and oxygen atoms in total. The zero-order valence-electron chi connectivity index (χ0n) is 12.9. The third kappa shape index (κ3) is 3.31. The molecule has 3 aromatic rings. The molecular weight excluding hydrogens is 329 g/mol. The molecule has 6 heteroatoms. The Bertz CT molecular complexity index is 886. The van der Waals surface area contributed by atoms with Crippen molar-refractivity contribution in [1.82, 2.24) is 4.98 Å². The van der Waals surface area contributed by atoms with Crippen LogP contribution in [-0.4, -0.2) is 16.9 Å². The summed E-state index contributed by atoms with van der Waals surface area (Å²) in [6.45, 7) is 1.66. The second kappa shape index (κ2) is 6.84. The highest BCUT2D eigenvalue weighted by Crippen LogP contribution is 2.28. The van der Waals surface area contributed by atoms with E-state index in [0.717, 1.165) is 0 Å². The van der Waals surface area contributed by atoms with Crippen LogP contribution in [0.15, 0.2) is 54.7 Å². The maximum absolute atomic E-state index is 14.6. The predicted octanol–water partition coefficient (Wildman–Crippen LogP) is 4.47. The van der Waals surface area contributed by atoms with Crippen LogP contribution in [0.5, 0.6) is 0 Å². The van der Waals surface area contributed by atoms with Gasteiger partial charge in [0.1, 0.15) is 11.6 Å². The molecular formula is C18H15ClFN3O. The Labute approximate surface area is 143 Å². The van der Waals surface area contributed by atoms with Crippen molar-refractivity contribution in [2.75, 3.05) is 10.6 Å². The summed E-state index contributed by atoms with van der Waals surface area (Å²) in [5, 5.41) is 6.60. The maximum atomic E-state index is 14.6. The normalized spacial score (nSPS) is 12.0. The van der Waals surface area contributed by atoms with Gasteiger partial charge in [0.2, 0.25) is 5.91 Å². The molecule has 1 aromatic heterocycles. The molecule has 0 saturated carbocycles. The van der Waals surface area contributed by atoms with Gasteiger partial charge in [-0.2, -0.15) is 0 Å². The lowest BCUT2D eigenvalue weighted by Crippen LogP contribution is -2.32. The van der Waals surface area contributed by atoms with Gasteiger partial charge in [-0.05, 0) is 37.3 Å². The number of aromatic nitrogens is 1. The lowest BCUT2D eigenvalue weighted by molar-refractivity contribution is -0.116. The van der Waals surface area contributed by atoms with Gasteiger partial charge in [0.15, 0.2) is 5.82 Å².